The van der Waals surface area contributed by atoms with Crippen LogP contribution in [0.25, 0.3) is 11.0 Å². The Hall–Kier alpha value is -1.59. The van der Waals surface area contributed by atoms with Crippen molar-refractivity contribution in [2.24, 2.45) is 5.92 Å². The molecule has 2 saturated heterocycles. The molecule has 2 aliphatic heterocycles. The summed E-state index contributed by atoms with van der Waals surface area (Å²) in [6.07, 6.45) is 7.53. The molecule has 25 heavy (non-hydrogen) atoms. The van der Waals surface area contributed by atoms with Gasteiger partial charge in [0, 0.05) is 19.1 Å². The third-order valence-electron chi connectivity index (χ3n) is 6.10. The van der Waals surface area contributed by atoms with E-state index in [4.69, 9.17) is 0 Å². The van der Waals surface area contributed by atoms with Crippen molar-refractivity contribution in [3.8, 4) is 0 Å². The Morgan fingerprint density at radius 1 is 1.04 bits per heavy atom. The van der Waals surface area contributed by atoms with Gasteiger partial charge in [0.2, 0.25) is 0 Å². The van der Waals surface area contributed by atoms with Gasteiger partial charge in [-0.1, -0.05) is 12.1 Å². The fourth-order valence-electron chi connectivity index (χ4n) is 4.58. The van der Waals surface area contributed by atoms with Gasteiger partial charge in [0.05, 0.1) is 11.0 Å². The van der Waals surface area contributed by atoms with Crippen molar-refractivity contribution < 1.29 is 0 Å². The average molecular weight is 342 g/mol. The van der Waals surface area contributed by atoms with E-state index in [0.717, 1.165) is 42.9 Å². The highest BCUT2D eigenvalue weighted by molar-refractivity contribution is 5.75. The van der Waals surface area contributed by atoms with Gasteiger partial charge < -0.3 is 15.2 Å². The molecule has 3 heterocycles. The number of hydrogen-bond acceptors (Lipinski definition) is 3. The number of rotatable bonds is 4. The van der Waals surface area contributed by atoms with Crippen molar-refractivity contribution in [1.29, 1.82) is 0 Å². The van der Waals surface area contributed by atoms with E-state index in [1.807, 2.05) is 22.8 Å². The van der Waals surface area contributed by atoms with Crippen LogP contribution in [0.3, 0.4) is 0 Å². The predicted molar refractivity (Wildman–Crippen MR) is 102 cm³/mol. The van der Waals surface area contributed by atoms with E-state index in [2.05, 4.69) is 21.3 Å². The van der Waals surface area contributed by atoms with Crippen molar-refractivity contribution in [2.75, 3.05) is 32.7 Å². The van der Waals surface area contributed by atoms with Crippen LogP contribution in [0.15, 0.2) is 29.1 Å². The highest BCUT2D eigenvalue weighted by Gasteiger charge is 2.24. The Morgan fingerprint density at radius 3 is 2.76 bits per heavy atom. The third-order valence-corrected chi connectivity index (χ3v) is 6.10. The largest absolute Gasteiger partial charge is 0.326 e. The van der Waals surface area contributed by atoms with E-state index in [1.165, 1.54) is 45.3 Å². The SMILES string of the molecule is O=c1[nH]c2ccccc2n1C1CCN(CC[C@H]2CCCNCC2)CC1. The lowest BCUT2D eigenvalue weighted by molar-refractivity contribution is 0.174. The topological polar surface area (TPSA) is 53.1 Å². The molecule has 0 saturated carbocycles. The first kappa shape index (κ1) is 16.9. The van der Waals surface area contributed by atoms with Crippen molar-refractivity contribution in [3.05, 3.63) is 34.7 Å². The summed E-state index contributed by atoms with van der Waals surface area (Å²) in [5.41, 5.74) is 2.06. The van der Waals surface area contributed by atoms with E-state index in [9.17, 15) is 4.79 Å². The summed E-state index contributed by atoms with van der Waals surface area (Å²) < 4.78 is 1.99. The van der Waals surface area contributed by atoms with Crippen molar-refractivity contribution in [1.82, 2.24) is 19.8 Å². The Bertz CT molecular complexity index is 733. The molecule has 1 aromatic heterocycles. The predicted octanol–water partition coefficient (Wildman–Crippen LogP) is 2.75. The van der Waals surface area contributed by atoms with Gasteiger partial charge in [-0.2, -0.15) is 0 Å². The molecule has 2 aromatic rings. The van der Waals surface area contributed by atoms with E-state index < -0.39 is 0 Å². The molecular formula is C20H30N4O. The zero-order chi connectivity index (χ0) is 17.1. The minimum Gasteiger partial charge on any atom is -0.317 e. The highest BCUT2D eigenvalue weighted by Crippen LogP contribution is 2.26. The monoisotopic (exact) mass is 342 g/mol. The van der Waals surface area contributed by atoms with Crippen molar-refractivity contribution in [3.63, 3.8) is 0 Å². The van der Waals surface area contributed by atoms with Gasteiger partial charge in [-0.3, -0.25) is 4.57 Å². The minimum atomic E-state index is 0.0469. The van der Waals surface area contributed by atoms with Gasteiger partial charge in [-0.15, -0.1) is 0 Å². The molecule has 136 valence electrons. The van der Waals surface area contributed by atoms with Gasteiger partial charge in [0.1, 0.15) is 0 Å². The number of imidazole rings is 1. The fourth-order valence-corrected chi connectivity index (χ4v) is 4.58. The van der Waals surface area contributed by atoms with E-state index >= 15 is 0 Å². The van der Waals surface area contributed by atoms with E-state index in [-0.39, 0.29) is 5.69 Å². The zero-order valence-electron chi connectivity index (χ0n) is 15.0. The van der Waals surface area contributed by atoms with E-state index in [0.29, 0.717) is 6.04 Å². The van der Waals surface area contributed by atoms with Crippen LogP contribution in [-0.4, -0.2) is 47.2 Å². The lowest BCUT2D eigenvalue weighted by atomic mass is 9.96. The first-order valence-corrected chi connectivity index (χ1v) is 9.93. The number of piperidine rings is 1. The number of benzene rings is 1. The molecule has 0 unspecified atom stereocenters. The van der Waals surface area contributed by atoms with Crippen LogP contribution in [-0.2, 0) is 0 Å². The molecule has 0 amide bonds. The van der Waals surface area contributed by atoms with Crippen molar-refractivity contribution in [2.45, 2.75) is 44.6 Å². The molecule has 0 bridgehead atoms. The molecule has 1 aromatic carbocycles. The number of para-hydroxylation sites is 2. The number of H-pyrrole nitrogens is 1. The van der Waals surface area contributed by atoms with Crippen molar-refractivity contribution >= 4 is 11.0 Å². The summed E-state index contributed by atoms with van der Waals surface area (Å²) in [5, 5.41) is 3.51. The maximum absolute atomic E-state index is 12.4. The summed E-state index contributed by atoms with van der Waals surface area (Å²) in [6.45, 7) is 5.83. The molecule has 2 fully saturated rings. The van der Waals surface area contributed by atoms with Crippen LogP contribution >= 0.6 is 0 Å². The maximum Gasteiger partial charge on any atom is 0.326 e. The van der Waals surface area contributed by atoms with Gasteiger partial charge in [-0.05, 0) is 76.2 Å². The Kier molecular flexibility index (Phi) is 5.22. The zero-order valence-corrected chi connectivity index (χ0v) is 15.0. The molecular weight excluding hydrogens is 312 g/mol. The second kappa shape index (κ2) is 7.75. The van der Waals surface area contributed by atoms with E-state index in [1.54, 1.807) is 0 Å². The smallest absolute Gasteiger partial charge is 0.317 e. The third kappa shape index (κ3) is 3.82. The number of nitrogens with zero attached hydrogens (tertiary/aromatic N) is 2. The highest BCUT2D eigenvalue weighted by atomic mass is 16.1. The number of likely N-dealkylation sites (tertiary alicyclic amines) is 1. The van der Waals surface area contributed by atoms with Crippen LogP contribution in [0, 0.1) is 5.92 Å². The first-order chi connectivity index (χ1) is 12.3. The Balaban J connectivity index is 1.33. The Morgan fingerprint density at radius 2 is 1.88 bits per heavy atom. The number of nitrogens with one attached hydrogen (secondary N) is 2. The summed E-state index contributed by atoms with van der Waals surface area (Å²) in [4.78, 5) is 18.0. The molecule has 0 spiro atoms. The van der Waals surface area contributed by atoms with Crippen LogP contribution < -0.4 is 11.0 Å². The molecule has 2 aliphatic rings. The summed E-state index contributed by atoms with van der Waals surface area (Å²) in [6, 6.07) is 8.38. The van der Waals surface area contributed by atoms with Crippen LogP contribution in [0.5, 0.6) is 0 Å². The molecule has 4 rings (SSSR count). The second-order valence-electron chi connectivity index (χ2n) is 7.73. The maximum atomic E-state index is 12.4. The summed E-state index contributed by atoms with van der Waals surface area (Å²) in [5.74, 6) is 0.893. The normalized spacial score (nSPS) is 23.8. The first-order valence-electron chi connectivity index (χ1n) is 9.93. The molecule has 5 heteroatoms. The van der Waals surface area contributed by atoms with Crippen LogP contribution in [0.4, 0.5) is 0 Å². The number of fused-ring (bicyclic) bond motifs is 1. The standard InChI is InChI=1S/C20H30N4O/c25-20-22-18-5-1-2-6-19(18)24(20)17-9-14-23(15-10-17)13-8-16-4-3-11-21-12-7-16/h1-2,5-6,16-17,21H,3-4,7-15H2,(H,22,25)/t16-/m0/s1. The molecule has 5 nitrogen and oxygen atoms in total. The minimum absolute atomic E-state index is 0.0469. The lowest BCUT2D eigenvalue weighted by Crippen LogP contribution is -2.38. The van der Waals surface area contributed by atoms with Crippen LogP contribution in [0.1, 0.15) is 44.6 Å². The van der Waals surface area contributed by atoms with Gasteiger partial charge in [-0.25, -0.2) is 4.79 Å². The molecule has 0 radical (unpaired) electrons. The summed E-state index contributed by atoms with van der Waals surface area (Å²) >= 11 is 0. The number of aromatic nitrogens is 2. The molecule has 2 N–H and O–H groups in total. The lowest BCUT2D eigenvalue weighted by Gasteiger charge is -2.33. The Labute approximate surface area is 149 Å². The number of hydrogen-bond donors (Lipinski definition) is 2. The summed E-state index contributed by atoms with van der Waals surface area (Å²) in [7, 11) is 0. The molecule has 0 aliphatic carbocycles. The number of aromatic amines is 1. The van der Waals surface area contributed by atoms with Gasteiger partial charge >= 0.3 is 5.69 Å². The molecule has 1 atom stereocenters. The van der Waals surface area contributed by atoms with Crippen LogP contribution in [0.2, 0.25) is 0 Å². The quantitative estimate of drug-likeness (QED) is 0.898. The van der Waals surface area contributed by atoms with Gasteiger partial charge in [0.15, 0.2) is 0 Å². The van der Waals surface area contributed by atoms with Gasteiger partial charge in [0.25, 0.3) is 0 Å². The second-order valence-corrected chi connectivity index (χ2v) is 7.73. The average Bonchev–Trinajstić information content (AvgIpc) is 2.81. The fraction of sp³-hybridized carbons (Fsp3) is 0.650.